The van der Waals surface area contributed by atoms with Gasteiger partial charge in [-0.3, -0.25) is 9.59 Å². The standard InChI is InChI=1S/C17H21ClN4O2/c1-3-15-19-8-10-22(15)9-7-17(24)20-12-5-6-14(13(18)11-12)21-16(23)4-2/h5-6,8,10-11H,3-4,7,9H2,1-2H3,(H,20,24)(H,21,23). The van der Waals surface area contributed by atoms with Gasteiger partial charge in [0, 0.05) is 43.9 Å². The molecular weight excluding hydrogens is 328 g/mol. The summed E-state index contributed by atoms with van der Waals surface area (Å²) >= 11 is 6.13. The van der Waals surface area contributed by atoms with Crippen molar-refractivity contribution in [3.63, 3.8) is 0 Å². The molecule has 0 fully saturated rings. The summed E-state index contributed by atoms with van der Waals surface area (Å²) in [5.41, 5.74) is 1.13. The average molecular weight is 349 g/mol. The number of aromatic nitrogens is 2. The first-order valence-corrected chi connectivity index (χ1v) is 8.30. The maximum atomic E-state index is 12.1. The number of hydrogen-bond donors (Lipinski definition) is 2. The molecule has 1 heterocycles. The fraction of sp³-hybridized carbons (Fsp3) is 0.353. The van der Waals surface area contributed by atoms with Crippen LogP contribution in [0, 0.1) is 0 Å². The van der Waals surface area contributed by atoms with E-state index in [0.717, 1.165) is 12.2 Å². The molecule has 0 atom stereocenters. The predicted octanol–water partition coefficient (Wildman–Crippen LogP) is 3.48. The summed E-state index contributed by atoms with van der Waals surface area (Å²) in [6, 6.07) is 5.01. The lowest BCUT2D eigenvalue weighted by atomic mass is 10.2. The van der Waals surface area contributed by atoms with Crippen molar-refractivity contribution in [2.24, 2.45) is 0 Å². The fourth-order valence-electron chi connectivity index (χ4n) is 2.24. The minimum Gasteiger partial charge on any atom is -0.334 e. The zero-order chi connectivity index (χ0) is 17.5. The van der Waals surface area contributed by atoms with Crippen LogP contribution in [0.1, 0.15) is 32.5 Å². The van der Waals surface area contributed by atoms with Crippen LogP contribution in [-0.2, 0) is 22.6 Å². The fourth-order valence-corrected chi connectivity index (χ4v) is 2.46. The van der Waals surface area contributed by atoms with Crippen molar-refractivity contribution in [1.29, 1.82) is 0 Å². The third kappa shape index (κ3) is 4.83. The van der Waals surface area contributed by atoms with Crippen LogP contribution >= 0.6 is 11.6 Å². The minimum atomic E-state index is -0.110. The lowest BCUT2D eigenvalue weighted by molar-refractivity contribution is -0.117. The van der Waals surface area contributed by atoms with Gasteiger partial charge in [-0.1, -0.05) is 25.4 Å². The molecule has 1 aromatic heterocycles. The number of halogens is 1. The van der Waals surface area contributed by atoms with Crippen LogP contribution in [0.4, 0.5) is 11.4 Å². The minimum absolute atomic E-state index is 0.104. The highest BCUT2D eigenvalue weighted by Gasteiger charge is 2.08. The van der Waals surface area contributed by atoms with Gasteiger partial charge in [-0.15, -0.1) is 0 Å². The molecule has 0 saturated heterocycles. The molecule has 2 amide bonds. The Kier molecular flexibility index (Phi) is 6.37. The van der Waals surface area contributed by atoms with Gasteiger partial charge in [0.25, 0.3) is 0 Å². The van der Waals surface area contributed by atoms with Gasteiger partial charge in [0.05, 0.1) is 10.7 Å². The number of anilines is 2. The number of nitrogens with one attached hydrogen (secondary N) is 2. The molecule has 0 spiro atoms. The van der Waals surface area contributed by atoms with Crippen LogP contribution in [-0.4, -0.2) is 21.4 Å². The number of imidazole rings is 1. The van der Waals surface area contributed by atoms with E-state index in [0.29, 0.717) is 35.8 Å². The maximum absolute atomic E-state index is 12.1. The summed E-state index contributed by atoms with van der Waals surface area (Å²) in [5.74, 6) is 0.745. The van der Waals surface area contributed by atoms with E-state index >= 15 is 0 Å². The molecule has 2 aromatic rings. The summed E-state index contributed by atoms with van der Waals surface area (Å²) in [4.78, 5) is 27.7. The second kappa shape index (κ2) is 8.49. The smallest absolute Gasteiger partial charge is 0.226 e. The Labute approximate surface area is 146 Å². The molecule has 7 heteroatoms. The van der Waals surface area contributed by atoms with E-state index in [1.807, 2.05) is 17.7 Å². The maximum Gasteiger partial charge on any atom is 0.226 e. The predicted molar refractivity (Wildman–Crippen MR) is 95.2 cm³/mol. The lowest BCUT2D eigenvalue weighted by Crippen LogP contribution is -2.15. The third-order valence-corrected chi connectivity index (χ3v) is 3.86. The molecule has 0 saturated carbocycles. The van der Waals surface area contributed by atoms with Gasteiger partial charge >= 0.3 is 0 Å². The molecule has 128 valence electrons. The van der Waals surface area contributed by atoms with Crippen LogP contribution < -0.4 is 10.6 Å². The van der Waals surface area contributed by atoms with Gasteiger partial charge in [-0.2, -0.15) is 0 Å². The van der Waals surface area contributed by atoms with Crippen molar-refractivity contribution in [2.45, 2.75) is 39.7 Å². The SMILES string of the molecule is CCC(=O)Nc1ccc(NC(=O)CCn2ccnc2CC)cc1Cl. The molecule has 2 N–H and O–H groups in total. The topological polar surface area (TPSA) is 76.0 Å². The van der Waals surface area contributed by atoms with Gasteiger partial charge in [0.2, 0.25) is 11.8 Å². The number of amides is 2. The van der Waals surface area contributed by atoms with Crippen molar-refractivity contribution in [1.82, 2.24) is 9.55 Å². The first-order valence-electron chi connectivity index (χ1n) is 7.92. The Morgan fingerprint density at radius 1 is 1.21 bits per heavy atom. The molecule has 0 unspecified atom stereocenters. The van der Waals surface area contributed by atoms with Crippen molar-refractivity contribution >= 4 is 34.8 Å². The van der Waals surface area contributed by atoms with Crippen LogP contribution in [0.3, 0.4) is 0 Å². The molecule has 24 heavy (non-hydrogen) atoms. The molecule has 0 aliphatic rings. The molecule has 1 aromatic carbocycles. The number of benzene rings is 1. The Bertz CT molecular complexity index is 727. The van der Waals surface area contributed by atoms with Crippen molar-refractivity contribution < 1.29 is 9.59 Å². The molecule has 0 aliphatic carbocycles. The van der Waals surface area contributed by atoms with E-state index < -0.39 is 0 Å². The largest absolute Gasteiger partial charge is 0.334 e. The summed E-state index contributed by atoms with van der Waals surface area (Å²) in [6.07, 6.45) is 5.15. The van der Waals surface area contributed by atoms with Gasteiger partial charge in [0.15, 0.2) is 0 Å². The quantitative estimate of drug-likeness (QED) is 0.804. The summed E-state index contributed by atoms with van der Waals surface area (Å²) in [6.45, 7) is 4.37. The van der Waals surface area contributed by atoms with Gasteiger partial charge in [-0.05, 0) is 18.2 Å². The molecular formula is C17H21ClN4O2. The molecule has 0 radical (unpaired) electrons. The third-order valence-electron chi connectivity index (χ3n) is 3.55. The zero-order valence-electron chi connectivity index (χ0n) is 13.8. The number of nitrogens with zero attached hydrogens (tertiary/aromatic N) is 2. The molecule has 0 aliphatic heterocycles. The Balaban J connectivity index is 1.92. The van der Waals surface area contributed by atoms with Gasteiger partial charge < -0.3 is 15.2 Å². The number of rotatable bonds is 7. The molecule has 2 rings (SSSR count). The van der Waals surface area contributed by atoms with Crippen LogP contribution in [0.5, 0.6) is 0 Å². The normalized spacial score (nSPS) is 10.5. The lowest BCUT2D eigenvalue weighted by Gasteiger charge is -2.10. The van der Waals surface area contributed by atoms with E-state index in [4.69, 9.17) is 11.6 Å². The van der Waals surface area contributed by atoms with E-state index in [1.54, 1.807) is 31.3 Å². The number of aryl methyl sites for hydroxylation is 2. The van der Waals surface area contributed by atoms with E-state index in [2.05, 4.69) is 15.6 Å². The number of carbonyl (C=O) groups is 2. The van der Waals surface area contributed by atoms with E-state index in [9.17, 15) is 9.59 Å². The van der Waals surface area contributed by atoms with E-state index in [-0.39, 0.29) is 11.8 Å². The molecule has 0 bridgehead atoms. The average Bonchev–Trinajstić information content (AvgIpc) is 3.03. The zero-order valence-corrected chi connectivity index (χ0v) is 14.6. The Hall–Kier alpha value is -2.34. The van der Waals surface area contributed by atoms with Crippen LogP contribution in [0.15, 0.2) is 30.6 Å². The van der Waals surface area contributed by atoms with Crippen molar-refractivity contribution in [3.8, 4) is 0 Å². The second-order valence-corrected chi connectivity index (χ2v) is 5.69. The number of carbonyl (C=O) groups excluding carboxylic acids is 2. The van der Waals surface area contributed by atoms with Crippen LogP contribution in [0.2, 0.25) is 5.02 Å². The van der Waals surface area contributed by atoms with Crippen LogP contribution in [0.25, 0.3) is 0 Å². The van der Waals surface area contributed by atoms with Crippen molar-refractivity contribution in [3.05, 3.63) is 41.4 Å². The molecule has 6 nitrogen and oxygen atoms in total. The highest BCUT2D eigenvalue weighted by Crippen LogP contribution is 2.25. The van der Waals surface area contributed by atoms with Gasteiger partial charge in [0.1, 0.15) is 5.82 Å². The first kappa shape index (κ1) is 18.0. The monoisotopic (exact) mass is 348 g/mol. The highest BCUT2D eigenvalue weighted by atomic mass is 35.5. The van der Waals surface area contributed by atoms with E-state index in [1.165, 1.54) is 0 Å². The number of hydrogen-bond acceptors (Lipinski definition) is 3. The van der Waals surface area contributed by atoms with Gasteiger partial charge in [-0.25, -0.2) is 4.98 Å². The first-order chi connectivity index (χ1) is 11.5. The Morgan fingerprint density at radius 3 is 2.67 bits per heavy atom. The second-order valence-electron chi connectivity index (χ2n) is 5.28. The summed E-state index contributed by atoms with van der Waals surface area (Å²) in [7, 11) is 0. The summed E-state index contributed by atoms with van der Waals surface area (Å²) < 4.78 is 1.97. The Morgan fingerprint density at radius 2 is 2.00 bits per heavy atom. The van der Waals surface area contributed by atoms with Crippen molar-refractivity contribution in [2.75, 3.05) is 10.6 Å². The summed E-state index contributed by atoms with van der Waals surface area (Å²) in [5, 5.41) is 5.90. The highest BCUT2D eigenvalue weighted by molar-refractivity contribution is 6.34.